The van der Waals surface area contributed by atoms with Gasteiger partial charge >= 0.3 is 5.97 Å². The number of ether oxygens (including phenoxy) is 2. The third kappa shape index (κ3) is 3.93. The summed E-state index contributed by atoms with van der Waals surface area (Å²) >= 11 is 1.68. The number of hydrogen-bond donors (Lipinski definition) is 2. The molecule has 1 aliphatic heterocycles. The molecule has 1 aromatic heterocycles. The largest absolute Gasteiger partial charge is 0.497 e. The van der Waals surface area contributed by atoms with E-state index in [9.17, 15) is 4.79 Å². The molecule has 1 aromatic carbocycles. The summed E-state index contributed by atoms with van der Waals surface area (Å²) in [6.07, 6.45) is 5.33. The Morgan fingerprint density at radius 3 is 2.85 bits per heavy atom. The molecule has 1 atom stereocenters. The number of carbonyl (C=O) groups excluding carboxylic acids is 1. The Morgan fingerprint density at radius 1 is 1.30 bits per heavy atom. The molecule has 27 heavy (non-hydrogen) atoms. The number of aromatic nitrogens is 1. The van der Waals surface area contributed by atoms with E-state index in [2.05, 4.69) is 22.4 Å². The van der Waals surface area contributed by atoms with Gasteiger partial charge in [-0.3, -0.25) is 9.79 Å². The second kappa shape index (κ2) is 7.84. The van der Waals surface area contributed by atoms with Gasteiger partial charge in [0.1, 0.15) is 10.8 Å². The maximum absolute atomic E-state index is 11.5. The van der Waals surface area contributed by atoms with E-state index in [0.29, 0.717) is 12.5 Å². The number of methoxy groups -OCH3 is 2. The molecule has 1 aliphatic carbocycles. The summed E-state index contributed by atoms with van der Waals surface area (Å²) in [5, 5.41) is 5.74. The Labute approximate surface area is 163 Å². The molecule has 7 heteroatoms. The number of aromatic amines is 1. The second-order valence-corrected chi connectivity index (χ2v) is 8.14. The molecule has 2 N–H and O–H groups in total. The van der Waals surface area contributed by atoms with Gasteiger partial charge in [0.2, 0.25) is 0 Å². The summed E-state index contributed by atoms with van der Waals surface area (Å²) < 4.78 is 10.3. The monoisotopic (exact) mass is 387 g/mol. The third-order valence-corrected chi connectivity index (χ3v) is 6.38. The minimum atomic E-state index is -0.213. The van der Waals surface area contributed by atoms with Crippen molar-refractivity contribution in [2.45, 2.75) is 44.2 Å². The predicted octanol–water partition coefficient (Wildman–Crippen LogP) is 3.96. The van der Waals surface area contributed by atoms with Gasteiger partial charge in [0.15, 0.2) is 0 Å². The molecular weight excluding hydrogens is 362 g/mol. The molecule has 2 aliphatic rings. The van der Waals surface area contributed by atoms with Gasteiger partial charge in [0, 0.05) is 23.2 Å². The Kier molecular flexibility index (Phi) is 5.29. The van der Waals surface area contributed by atoms with Crippen molar-refractivity contribution in [2.24, 2.45) is 4.99 Å². The zero-order valence-corrected chi connectivity index (χ0v) is 16.5. The molecule has 0 bridgehead atoms. The lowest BCUT2D eigenvalue weighted by molar-refractivity contribution is -0.140. The molecule has 1 saturated carbocycles. The molecule has 1 fully saturated rings. The normalized spacial score (nSPS) is 20.1. The zero-order chi connectivity index (χ0) is 18.8. The number of thioether (sulfide) groups is 1. The molecular formula is C20H25N3O3S. The first-order valence-corrected chi connectivity index (χ1v) is 10.4. The molecule has 144 valence electrons. The molecule has 0 radical (unpaired) electrons. The van der Waals surface area contributed by atoms with Gasteiger partial charge in [-0.25, -0.2) is 0 Å². The van der Waals surface area contributed by atoms with Crippen LogP contribution in [0, 0.1) is 0 Å². The van der Waals surface area contributed by atoms with E-state index < -0.39 is 0 Å². The fraction of sp³-hybridized carbons (Fsp3) is 0.500. The van der Waals surface area contributed by atoms with Crippen LogP contribution in [0.2, 0.25) is 0 Å². The lowest BCUT2D eigenvalue weighted by Gasteiger charge is -2.15. The van der Waals surface area contributed by atoms with Crippen molar-refractivity contribution >= 4 is 39.4 Å². The highest BCUT2D eigenvalue weighted by molar-refractivity contribution is 8.14. The van der Waals surface area contributed by atoms with E-state index in [4.69, 9.17) is 14.5 Å². The fourth-order valence-corrected chi connectivity index (χ4v) is 4.83. The quantitative estimate of drug-likeness (QED) is 0.734. The van der Waals surface area contributed by atoms with Crippen LogP contribution in [0.4, 0.5) is 5.69 Å². The van der Waals surface area contributed by atoms with Gasteiger partial charge in [-0.15, -0.1) is 11.8 Å². The van der Waals surface area contributed by atoms with Crippen LogP contribution in [0.1, 0.15) is 37.8 Å². The lowest BCUT2D eigenvalue weighted by Crippen LogP contribution is -2.14. The van der Waals surface area contributed by atoms with E-state index in [1.807, 2.05) is 6.07 Å². The summed E-state index contributed by atoms with van der Waals surface area (Å²) in [6, 6.07) is 6.72. The van der Waals surface area contributed by atoms with Crippen LogP contribution >= 0.6 is 11.8 Å². The van der Waals surface area contributed by atoms with Crippen molar-refractivity contribution in [3.63, 3.8) is 0 Å². The van der Waals surface area contributed by atoms with Gasteiger partial charge in [-0.2, -0.15) is 0 Å². The van der Waals surface area contributed by atoms with E-state index in [1.54, 1.807) is 18.9 Å². The molecule has 0 saturated heterocycles. The Bertz CT molecular complexity index is 871. The fourth-order valence-electron chi connectivity index (χ4n) is 3.80. The number of rotatable bonds is 6. The van der Waals surface area contributed by atoms with Crippen molar-refractivity contribution in [3.8, 4) is 5.75 Å². The molecule has 2 aromatic rings. The second-order valence-electron chi connectivity index (χ2n) is 7.13. The van der Waals surface area contributed by atoms with Crippen LogP contribution in [0.3, 0.4) is 0 Å². The van der Waals surface area contributed by atoms with E-state index in [0.717, 1.165) is 38.8 Å². The average Bonchev–Trinajstić information content (AvgIpc) is 3.41. The van der Waals surface area contributed by atoms with Gasteiger partial charge in [-0.05, 0) is 25.0 Å². The van der Waals surface area contributed by atoms with Crippen molar-refractivity contribution < 1.29 is 14.3 Å². The number of H-pyrrole nitrogens is 1. The van der Waals surface area contributed by atoms with Gasteiger partial charge < -0.3 is 19.8 Å². The molecule has 0 unspecified atom stereocenters. The van der Waals surface area contributed by atoms with Crippen LogP contribution < -0.4 is 10.1 Å². The minimum Gasteiger partial charge on any atom is -0.497 e. The van der Waals surface area contributed by atoms with Crippen molar-refractivity contribution in [1.29, 1.82) is 0 Å². The number of esters is 1. The highest BCUT2D eigenvalue weighted by Gasteiger charge is 2.24. The number of nitrogens with zero attached hydrogens (tertiary/aromatic N) is 1. The Balaban J connectivity index is 1.63. The number of fused-ring (bicyclic) bond motifs is 1. The van der Waals surface area contributed by atoms with Gasteiger partial charge in [0.25, 0.3) is 0 Å². The van der Waals surface area contributed by atoms with Crippen LogP contribution in [-0.4, -0.2) is 48.1 Å². The minimum absolute atomic E-state index is 0.0190. The molecule has 0 spiro atoms. The number of carbonyl (C=O) groups is 1. The number of hydrogen-bond acceptors (Lipinski definition) is 6. The average molecular weight is 388 g/mol. The van der Waals surface area contributed by atoms with E-state index in [1.165, 1.54) is 32.8 Å². The Hall–Kier alpha value is -2.15. The van der Waals surface area contributed by atoms with Crippen LogP contribution in [-0.2, 0) is 9.53 Å². The van der Waals surface area contributed by atoms with Crippen molar-refractivity contribution in [3.05, 3.63) is 23.9 Å². The highest BCUT2D eigenvalue weighted by atomic mass is 32.2. The lowest BCUT2D eigenvalue weighted by atomic mass is 10.1. The first kappa shape index (κ1) is 18.2. The first-order valence-electron chi connectivity index (χ1n) is 9.41. The first-order chi connectivity index (χ1) is 13.2. The molecule has 4 rings (SSSR count). The van der Waals surface area contributed by atoms with Crippen LogP contribution in [0.15, 0.2) is 23.2 Å². The SMILES string of the molecule is COC(=O)C[C@@H]1CSC(c2cc3cc(OC)cc(NC4CCCC4)c3[nH]2)=N1. The van der Waals surface area contributed by atoms with Crippen LogP contribution in [0.25, 0.3) is 10.9 Å². The maximum atomic E-state index is 11.5. The molecule has 6 nitrogen and oxygen atoms in total. The topological polar surface area (TPSA) is 75.7 Å². The number of benzene rings is 1. The number of nitrogens with one attached hydrogen (secondary N) is 2. The van der Waals surface area contributed by atoms with Gasteiger partial charge in [-0.1, -0.05) is 12.8 Å². The summed E-state index contributed by atoms with van der Waals surface area (Å²) in [4.78, 5) is 19.7. The van der Waals surface area contributed by atoms with Crippen LogP contribution in [0.5, 0.6) is 5.75 Å². The van der Waals surface area contributed by atoms with Crippen molar-refractivity contribution in [2.75, 3.05) is 25.3 Å². The summed E-state index contributed by atoms with van der Waals surface area (Å²) in [6.45, 7) is 0. The summed E-state index contributed by atoms with van der Waals surface area (Å²) in [5.41, 5.74) is 3.15. The van der Waals surface area contributed by atoms with E-state index >= 15 is 0 Å². The highest BCUT2D eigenvalue weighted by Crippen LogP contribution is 2.34. The number of anilines is 1. The molecule has 0 amide bonds. The standard InChI is InChI=1S/C20H25N3O3S/c1-25-15-7-12-8-17(20-22-14(11-27-20)9-18(24)26-2)23-19(12)16(10-15)21-13-5-3-4-6-13/h7-8,10,13-14,21,23H,3-6,9,11H2,1-2H3/t14-/m1/s1. The van der Waals surface area contributed by atoms with E-state index in [-0.39, 0.29) is 12.0 Å². The van der Waals surface area contributed by atoms with Gasteiger partial charge in [0.05, 0.1) is 43.6 Å². The summed E-state index contributed by atoms with van der Waals surface area (Å²) in [5.74, 6) is 1.43. The predicted molar refractivity (Wildman–Crippen MR) is 110 cm³/mol. The summed E-state index contributed by atoms with van der Waals surface area (Å²) in [7, 11) is 3.11. The third-order valence-electron chi connectivity index (χ3n) is 5.23. The Morgan fingerprint density at radius 2 is 2.11 bits per heavy atom. The smallest absolute Gasteiger partial charge is 0.307 e. The molecule has 2 heterocycles. The zero-order valence-electron chi connectivity index (χ0n) is 15.7. The number of aliphatic imine (C=N–C) groups is 1. The van der Waals surface area contributed by atoms with Crippen molar-refractivity contribution in [1.82, 2.24) is 4.98 Å². The maximum Gasteiger partial charge on any atom is 0.307 e.